The normalized spacial score (nSPS) is 42.4. The molecule has 4 unspecified atom stereocenters. The minimum absolute atomic E-state index is 0.130. The molecule has 0 saturated carbocycles. The Hall–Kier alpha value is -0.120. The number of hydrogen-bond acceptors (Lipinski definition) is 3. The first-order valence-electron chi connectivity index (χ1n) is 5.31. The van der Waals surface area contributed by atoms with E-state index < -0.39 is 6.10 Å². The number of aliphatic hydroxyl groups excluding tert-OH is 1. The van der Waals surface area contributed by atoms with E-state index in [4.69, 9.17) is 9.47 Å². The standard InChI is InChI=1S/C11H22O3/c1-6-8-11(3,4)10(13-5)9(12)7(2)14-8/h7-10,12H,6H2,1-5H3. The zero-order valence-corrected chi connectivity index (χ0v) is 9.78. The highest BCUT2D eigenvalue weighted by atomic mass is 16.5. The van der Waals surface area contributed by atoms with Gasteiger partial charge in [0, 0.05) is 12.5 Å². The van der Waals surface area contributed by atoms with Gasteiger partial charge in [-0.15, -0.1) is 0 Å². The van der Waals surface area contributed by atoms with Crippen LogP contribution in [0.25, 0.3) is 0 Å². The van der Waals surface area contributed by atoms with E-state index in [2.05, 4.69) is 20.8 Å². The van der Waals surface area contributed by atoms with Crippen molar-refractivity contribution in [3.05, 3.63) is 0 Å². The lowest BCUT2D eigenvalue weighted by atomic mass is 9.74. The van der Waals surface area contributed by atoms with E-state index in [1.807, 2.05) is 6.92 Å². The Morgan fingerprint density at radius 3 is 2.43 bits per heavy atom. The smallest absolute Gasteiger partial charge is 0.107 e. The molecule has 3 heteroatoms. The molecule has 1 rings (SSSR count). The molecule has 0 aromatic rings. The first-order chi connectivity index (χ1) is 6.45. The van der Waals surface area contributed by atoms with Crippen LogP contribution in [-0.4, -0.2) is 36.6 Å². The Morgan fingerprint density at radius 1 is 1.43 bits per heavy atom. The van der Waals surface area contributed by atoms with Crippen molar-refractivity contribution in [1.29, 1.82) is 0 Å². The molecule has 1 saturated heterocycles. The molecule has 0 aromatic carbocycles. The fourth-order valence-corrected chi connectivity index (χ4v) is 2.45. The van der Waals surface area contributed by atoms with Crippen molar-refractivity contribution in [3.63, 3.8) is 0 Å². The van der Waals surface area contributed by atoms with Gasteiger partial charge in [-0.2, -0.15) is 0 Å². The van der Waals surface area contributed by atoms with Crippen molar-refractivity contribution in [1.82, 2.24) is 0 Å². The molecule has 1 fully saturated rings. The van der Waals surface area contributed by atoms with Crippen LogP contribution in [0.3, 0.4) is 0 Å². The summed E-state index contributed by atoms with van der Waals surface area (Å²) >= 11 is 0. The van der Waals surface area contributed by atoms with Gasteiger partial charge >= 0.3 is 0 Å². The van der Waals surface area contributed by atoms with Gasteiger partial charge in [0.2, 0.25) is 0 Å². The van der Waals surface area contributed by atoms with Crippen molar-refractivity contribution >= 4 is 0 Å². The topological polar surface area (TPSA) is 38.7 Å². The second kappa shape index (κ2) is 4.17. The molecule has 1 N–H and O–H groups in total. The fourth-order valence-electron chi connectivity index (χ4n) is 2.45. The Bertz CT molecular complexity index is 191. The molecule has 0 aromatic heterocycles. The number of rotatable bonds is 2. The second-order valence-electron chi connectivity index (χ2n) is 4.71. The van der Waals surface area contributed by atoms with Crippen LogP contribution in [0.4, 0.5) is 0 Å². The third-order valence-electron chi connectivity index (χ3n) is 3.36. The Labute approximate surface area is 86.4 Å². The van der Waals surface area contributed by atoms with Crippen LogP contribution in [-0.2, 0) is 9.47 Å². The van der Waals surface area contributed by atoms with E-state index in [1.54, 1.807) is 7.11 Å². The number of methoxy groups -OCH3 is 1. The van der Waals surface area contributed by atoms with Gasteiger partial charge in [0.05, 0.1) is 18.3 Å². The van der Waals surface area contributed by atoms with Gasteiger partial charge in [0.15, 0.2) is 0 Å². The molecule has 1 heterocycles. The Balaban J connectivity index is 2.88. The number of aliphatic hydroxyl groups is 1. The van der Waals surface area contributed by atoms with Crippen LogP contribution < -0.4 is 0 Å². The van der Waals surface area contributed by atoms with Crippen LogP contribution in [0.2, 0.25) is 0 Å². The lowest BCUT2D eigenvalue weighted by molar-refractivity contribution is -0.232. The summed E-state index contributed by atoms with van der Waals surface area (Å²) in [5.74, 6) is 0. The summed E-state index contributed by atoms with van der Waals surface area (Å²) in [5.41, 5.74) is -0.130. The van der Waals surface area contributed by atoms with Gasteiger partial charge in [0.25, 0.3) is 0 Å². The van der Waals surface area contributed by atoms with E-state index >= 15 is 0 Å². The number of ether oxygens (including phenoxy) is 2. The van der Waals surface area contributed by atoms with Crippen molar-refractivity contribution < 1.29 is 14.6 Å². The summed E-state index contributed by atoms with van der Waals surface area (Å²) in [6, 6.07) is 0. The van der Waals surface area contributed by atoms with E-state index in [-0.39, 0.29) is 23.7 Å². The fraction of sp³-hybridized carbons (Fsp3) is 1.00. The molecule has 0 aliphatic carbocycles. The van der Waals surface area contributed by atoms with E-state index in [0.717, 1.165) is 6.42 Å². The quantitative estimate of drug-likeness (QED) is 0.739. The molecular formula is C11H22O3. The maximum atomic E-state index is 9.94. The average Bonchev–Trinajstić information content (AvgIpc) is 2.12. The first kappa shape index (κ1) is 12.0. The summed E-state index contributed by atoms with van der Waals surface area (Å²) in [4.78, 5) is 0. The van der Waals surface area contributed by atoms with Gasteiger partial charge in [-0.3, -0.25) is 0 Å². The third-order valence-corrected chi connectivity index (χ3v) is 3.36. The highest BCUT2D eigenvalue weighted by molar-refractivity contribution is 4.96. The molecule has 0 spiro atoms. The molecule has 4 atom stereocenters. The highest BCUT2D eigenvalue weighted by Crippen LogP contribution is 2.39. The zero-order chi connectivity index (χ0) is 10.9. The molecule has 0 amide bonds. The SMILES string of the molecule is CCC1OC(C)C(O)C(OC)C1(C)C. The molecule has 0 bridgehead atoms. The van der Waals surface area contributed by atoms with Gasteiger partial charge < -0.3 is 14.6 Å². The van der Waals surface area contributed by atoms with Crippen LogP contribution in [0.1, 0.15) is 34.1 Å². The lowest BCUT2D eigenvalue weighted by Gasteiger charge is -2.48. The summed E-state index contributed by atoms with van der Waals surface area (Å²) in [5, 5.41) is 9.94. The molecule has 0 radical (unpaired) electrons. The summed E-state index contributed by atoms with van der Waals surface area (Å²) in [6.07, 6.45) is 0.293. The van der Waals surface area contributed by atoms with E-state index in [0.29, 0.717) is 0 Å². The zero-order valence-electron chi connectivity index (χ0n) is 9.78. The van der Waals surface area contributed by atoms with Crippen LogP contribution in [0.5, 0.6) is 0 Å². The number of hydrogen-bond donors (Lipinski definition) is 1. The maximum Gasteiger partial charge on any atom is 0.107 e. The van der Waals surface area contributed by atoms with Gasteiger partial charge in [-0.05, 0) is 13.3 Å². The molecule has 84 valence electrons. The van der Waals surface area contributed by atoms with Crippen molar-refractivity contribution in [2.45, 2.75) is 58.5 Å². The minimum atomic E-state index is -0.530. The van der Waals surface area contributed by atoms with Crippen LogP contribution in [0.15, 0.2) is 0 Å². The Kier molecular flexibility index (Phi) is 3.56. The monoisotopic (exact) mass is 202 g/mol. The molecule has 1 aliphatic heterocycles. The van der Waals surface area contributed by atoms with Gasteiger partial charge in [0.1, 0.15) is 6.10 Å². The first-order valence-corrected chi connectivity index (χ1v) is 5.31. The molecule has 1 aliphatic rings. The van der Waals surface area contributed by atoms with Crippen molar-refractivity contribution in [2.75, 3.05) is 7.11 Å². The average molecular weight is 202 g/mol. The molecule has 14 heavy (non-hydrogen) atoms. The summed E-state index contributed by atoms with van der Waals surface area (Å²) in [6.45, 7) is 8.17. The largest absolute Gasteiger partial charge is 0.388 e. The summed E-state index contributed by atoms with van der Waals surface area (Å²) < 4.78 is 11.2. The lowest BCUT2D eigenvalue weighted by Crippen LogP contribution is -2.58. The van der Waals surface area contributed by atoms with E-state index in [9.17, 15) is 5.11 Å². The van der Waals surface area contributed by atoms with Crippen LogP contribution >= 0.6 is 0 Å². The third kappa shape index (κ3) is 1.81. The van der Waals surface area contributed by atoms with E-state index in [1.165, 1.54) is 0 Å². The van der Waals surface area contributed by atoms with Gasteiger partial charge in [-0.25, -0.2) is 0 Å². The maximum absolute atomic E-state index is 9.94. The molecule has 3 nitrogen and oxygen atoms in total. The summed E-state index contributed by atoms with van der Waals surface area (Å²) in [7, 11) is 1.65. The molecular weight excluding hydrogens is 180 g/mol. The van der Waals surface area contributed by atoms with Crippen molar-refractivity contribution in [3.8, 4) is 0 Å². The predicted molar refractivity (Wildman–Crippen MR) is 55.2 cm³/mol. The van der Waals surface area contributed by atoms with Gasteiger partial charge in [-0.1, -0.05) is 20.8 Å². The predicted octanol–water partition coefficient (Wildman–Crippen LogP) is 1.59. The Morgan fingerprint density at radius 2 is 2.00 bits per heavy atom. The minimum Gasteiger partial charge on any atom is -0.388 e. The van der Waals surface area contributed by atoms with Crippen LogP contribution in [0, 0.1) is 5.41 Å². The highest BCUT2D eigenvalue weighted by Gasteiger charge is 2.48. The second-order valence-corrected chi connectivity index (χ2v) is 4.71. The van der Waals surface area contributed by atoms with Crippen molar-refractivity contribution in [2.24, 2.45) is 5.41 Å².